The Balaban J connectivity index is 1.68. The number of ether oxygens (including phenoxy) is 2. The SMILES string of the molecule is CCC(=O)N1CC[C@@](OCc2ccccc2)(c2ccc(Cl)cc2)[C@H](OCc2ccc(Cl)c(Cl)c2)C1. The molecular weight excluding hydrogens is 505 g/mol. The zero-order chi connectivity index (χ0) is 24.8. The lowest BCUT2D eigenvalue weighted by Crippen LogP contribution is -2.57. The second-order valence-corrected chi connectivity index (χ2v) is 9.91. The molecular formula is C28H28Cl3NO3. The minimum atomic E-state index is -0.763. The third-order valence-corrected chi connectivity index (χ3v) is 7.41. The minimum Gasteiger partial charge on any atom is -0.368 e. The summed E-state index contributed by atoms with van der Waals surface area (Å²) >= 11 is 18.5. The molecule has 3 aromatic carbocycles. The summed E-state index contributed by atoms with van der Waals surface area (Å²) in [5, 5.41) is 1.62. The molecule has 4 nitrogen and oxygen atoms in total. The Morgan fingerprint density at radius 2 is 1.69 bits per heavy atom. The summed E-state index contributed by atoms with van der Waals surface area (Å²) in [5.41, 5.74) is 2.17. The largest absolute Gasteiger partial charge is 0.368 e. The second-order valence-electron chi connectivity index (χ2n) is 8.66. The van der Waals surface area contributed by atoms with Crippen molar-refractivity contribution in [2.24, 2.45) is 0 Å². The number of hydrogen-bond acceptors (Lipinski definition) is 3. The average Bonchev–Trinajstić information content (AvgIpc) is 2.89. The predicted octanol–water partition coefficient (Wildman–Crippen LogP) is 7.29. The quantitative estimate of drug-likeness (QED) is 0.306. The van der Waals surface area contributed by atoms with Gasteiger partial charge in [0.15, 0.2) is 0 Å². The van der Waals surface area contributed by atoms with Crippen molar-refractivity contribution in [3.05, 3.63) is 105 Å². The minimum absolute atomic E-state index is 0.0981. The zero-order valence-electron chi connectivity index (χ0n) is 19.6. The van der Waals surface area contributed by atoms with Crippen LogP contribution in [0.2, 0.25) is 15.1 Å². The van der Waals surface area contributed by atoms with Gasteiger partial charge in [-0.25, -0.2) is 0 Å². The molecule has 0 aromatic heterocycles. The highest BCUT2D eigenvalue weighted by molar-refractivity contribution is 6.42. The van der Waals surface area contributed by atoms with E-state index in [2.05, 4.69) is 0 Å². The van der Waals surface area contributed by atoms with E-state index in [0.717, 1.165) is 16.7 Å². The van der Waals surface area contributed by atoms with Crippen LogP contribution in [0.15, 0.2) is 72.8 Å². The molecule has 1 aliphatic heterocycles. The number of hydrogen-bond donors (Lipinski definition) is 0. The van der Waals surface area contributed by atoms with Crippen LogP contribution in [0.4, 0.5) is 0 Å². The third-order valence-electron chi connectivity index (χ3n) is 6.42. The first kappa shape index (κ1) is 26.0. The van der Waals surface area contributed by atoms with E-state index in [1.807, 2.05) is 72.5 Å². The Morgan fingerprint density at radius 3 is 2.37 bits per heavy atom. The van der Waals surface area contributed by atoms with Crippen LogP contribution in [0.1, 0.15) is 36.5 Å². The molecule has 0 radical (unpaired) electrons. The summed E-state index contributed by atoms with van der Waals surface area (Å²) < 4.78 is 13.3. The lowest BCUT2D eigenvalue weighted by Gasteiger charge is -2.47. The molecule has 0 aliphatic carbocycles. The molecule has 1 amide bonds. The molecule has 1 fully saturated rings. The molecule has 35 heavy (non-hydrogen) atoms. The standard InChI is InChI=1S/C28H28Cl3NO3/c1-2-27(33)32-15-14-28(22-9-11-23(29)12-10-22,35-19-20-6-4-3-5-7-20)26(17-32)34-18-21-8-13-24(30)25(31)16-21/h3-13,16,26H,2,14-15,17-19H2,1H3/t26-,28-/m1/s1. The molecule has 184 valence electrons. The van der Waals surface area contributed by atoms with Crippen molar-refractivity contribution in [1.29, 1.82) is 0 Å². The van der Waals surface area contributed by atoms with Gasteiger partial charge in [-0.2, -0.15) is 0 Å². The normalized spacial score (nSPS) is 20.1. The van der Waals surface area contributed by atoms with Gasteiger partial charge in [0.1, 0.15) is 11.7 Å². The molecule has 0 saturated carbocycles. The van der Waals surface area contributed by atoms with Crippen molar-refractivity contribution in [2.45, 2.75) is 44.7 Å². The van der Waals surface area contributed by atoms with Crippen LogP contribution >= 0.6 is 34.8 Å². The second kappa shape index (κ2) is 11.8. The van der Waals surface area contributed by atoms with E-state index in [4.69, 9.17) is 44.3 Å². The number of piperidine rings is 1. The fourth-order valence-electron chi connectivity index (χ4n) is 4.46. The number of benzene rings is 3. The van der Waals surface area contributed by atoms with Crippen LogP contribution in [0.3, 0.4) is 0 Å². The van der Waals surface area contributed by atoms with E-state index in [9.17, 15) is 4.79 Å². The van der Waals surface area contributed by atoms with Crippen LogP contribution in [0.25, 0.3) is 0 Å². The first-order valence-corrected chi connectivity index (χ1v) is 12.8. The van der Waals surface area contributed by atoms with Crippen molar-refractivity contribution < 1.29 is 14.3 Å². The molecule has 4 rings (SSSR count). The Morgan fingerprint density at radius 1 is 0.943 bits per heavy atom. The van der Waals surface area contributed by atoms with Crippen molar-refractivity contribution in [3.63, 3.8) is 0 Å². The molecule has 1 heterocycles. The van der Waals surface area contributed by atoms with E-state index in [1.54, 1.807) is 12.1 Å². The number of rotatable bonds is 8. The third kappa shape index (κ3) is 6.19. The highest BCUT2D eigenvalue weighted by Crippen LogP contribution is 2.41. The van der Waals surface area contributed by atoms with Gasteiger partial charge in [0.25, 0.3) is 0 Å². The lowest BCUT2D eigenvalue weighted by molar-refractivity contribution is -0.195. The van der Waals surface area contributed by atoms with Crippen molar-refractivity contribution in [1.82, 2.24) is 4.90 Å². The number of halogens is 3. The van der Waals surface area contributed by atoms with Crippen LogP contribution in [0, 0.1) is 0 Å². The molecule has 1 aliphatic rings. The molecule has 0 unspecified atom stereocenters. The highest BCUT2D eigenvalue weighted by Gasteiger charge is 2.47. The number of likely N-dealkylation sites (tertiary alicyclic amines) is 1. The molecule has 2 atom stereocenters. The number of carbonyl (C=O) groups excluding carboxylic acids is 1. The molecule has 3 aromatic rings. The van der Waals surface area contributed by atoms with Crippen LogP contribution in [0.5, 0.6) is 0 Å². The maximum atomic E-state index is 12.6. The monoisotopic (exact) mass is 531 g/mol. The van der Waals surface area contributed by atoms with Gasteiger partial charge in [0.2, 0.25) is 5.91 Å². The lowest BCUT2D eigenvalue weighted by atomic mass is 9.81. The van der Waals surface area contributed by atoms with E-state index >= 15 is 0 Å². The summed E-state index contributed by atoms with van der Waals surface area (Å²) in [7, 11) is 0. The highest BCUT2D eigenvalue weighted by atomic mass is 35.5. The van der Waals surface area contributed by atoms with Gasteiger partial charge in [-0.05, 0) is 41.0 Å². The van der Waals surface area contributed by atoms with Gasteiger partial charge in [-0.1, -0.05) is 90.3 Å². The van der Waals surface area contributed by atoms with E-state index in [1.165, 1.54) is 0 Å². The summed E-state index contributed by atoms with van der Waals surface area (Å²) in [4.78, 5) is 14.5. The van der Waals surface area contributed by atoms with E-state index < -0.39 is 11.7 Å². The van der Waals surface area contributed by atoms with Gasteiger partial charge in [0, 0.05) is 24.4 Å². The maximum Gasteiger partial charge on any atom is 0.222 e. The Kier molecular flexibility index (Phi) is 8.74. The molecule has 1 saturated heterocycles. The summed E-state index contributed by atoms with van der Waals surface area (Å²) in [6.45, 7) is 3.60. The molecule has 0 N–H and O–H groups in total. The van der Waals surface area contributed by atoms with Crippen molar-refractivity contribution in [3.8, 4) is 0 Å². The van der Waals surface area contributed by atoms with Gasteiger partial charge in [-0.15, -0.1) is 0 Å². The first-order chi connectivity index (χ1) is 16.9. The first-order valence-electron chi connectivity index (χ1n) is 11.7. The Bertz CT molecular complexity index is 1140. The van der Waals surface area contributed by atoms with E-state index in [-0.39, 0.29) is 5.91 Å². The fraction of sp³-hybridized carbons (Fsp3) is 0.321. The number of nitrogens with zero attached hydrogens (tertiary/aromatic N) is 1. The van der Waals surface area contributed by atoms with Gasteiger partial charge < -0.3 is 14.4 Å². The zero-order valence-corrected chi connectivity index (χ0v) is 21.8. The van der Waals surface area contributed by atoms with Crippen molar-refractivity contribution >= 4 is 40.7 Å². The number of carbonyl (C=O) groups is 1. The molecule has 0 spiro atoms. The van der Waals surface area contributed by atoms with Crippen LogP contribution < -0.4 is 0 Å². The van der Waals surface area contributed by atoms with Crippen molar-refractivity contribution in [2.75, 3.05) is 13.1 Å². The Hall–Kier alpha value is -2.08. The van der Waals surface area contributed by atoms with E-state index in [0.29, 0.717) is 54.2 Å². The van der Waals surface area contributed by atoms with Gasteiger partial charge in [-0.3, -0.25) is 4.79 Å². The summed E-state index contributed by atoms with van der Waals surface area (Å²) in [6, 6.07) is 23.2. The molecule has 7 heteroatoms. The predicted molar refractivity (Wildman–Crippen MR) is 141 cm³/mol. The topological polar surface area (TPSA) is 38.8 Å². The van der Waals surface area contributed by atoms with Crippen LogP contribution in [-0.4, -0.2) is 30.0 Å². The number of amides is 1. The summed E-state index contributed by atoms with van der Waals surface area (Å²) in [6.07, 6.45) is 0.628. The van der Waals surface area contributed by atoms with Crippen LogP contribution in [-0.2, 0) is 33.1 Å². The smallest absolute Gasteiger partial charge is 0.222 e. The maximum absolute atomic E-state index is 12.6. The summed E-state index contributed by atoms with van der Waals surface area (Å²) in [5.74, 6) is 0.0981. The van der Waals surface area contributed by atoms with Gasteiger partial charge >= 0.3 is 0 Å². The van der Waals surface area contributed by atoms with Gasteiger partial charge in [0.05, 0.1) is 29.8 Å². The Labute approximate surface area is 221 Å². The average molecular weight is 533 g/mol. The molecule has 0 bridgehead atoms. The fourth-order valence-corrected chi connectivity index (χ4v) is 4.91.